The molecule has 0 atom stereocenters. The molecule has 2 aromatic heterocycles. The van der Waals surface area contributed by atoms with Gasteiger partial charge >= 0.3 is 0 Å². The van der Waals surface area contributed by atoms with Crippen molar-refractivity contribution in [2.24, 2.45) is 0 Å². The fraction of sp³-hybridized carbons (Fsp3) is 0.267. The van der Waals surface area contributed by atoms with Crippen LogP contribution in [0.1, 0.15) is 12.2 Å². The molecule has 2 heterocycles. The average Bonchev–Trinajstić information content (AvgIpc) is 2.83. The van der Waals surface area contributed by atoms with Gasteiger partial charge in [0.05, 0.1) is 22.9 Å². The van der Waals surface area contributed by atoms with Gasteiger partial charge in [-0.2, -0.15) is 5.10 Å². The van der Waals surface area contributed by atoms with Gasteiger partial charge in [0.15, 0.2) is 0 Å². The summed E-state index contributed by atoms with van der Waals surface area (Å²) in [6.45, 7) is 3.54. The molecule has 0 amide bonds. The molecule has 0 aliphatic rings. The molecule has 7 heteroatoms. The summed E-state index contributed by atoms with van der Waals surface area (Å²) in [5, 5.41) is 9.29. The normalized spacial score (nSPS) is 11.0. The zero-order chi connectivity index (χ0) is 15.5. The molecule has 0 radical (unpaired) electrons. The van der Waals surface area contributed by atoms with E-state index in [1.165, 1.54) is 6.20 Å². The van der Waals surface area contributed by atoms with Crippen molar-refractivity contribution >= 4 is 28.3 Å². The number of aromatic amines is 1. The summed E-state index contributed by atoms with van der Waals surface area (Å²) in [5.41, 5.74) is 2.31. The Kier molecular flexibility index (Phi) is 4.11. The second-order valence-electron chi connectivity index (χ2n) is 5.01. The number of aryl methyl sites for hydroxylation is 2. The molecular weight excluding hydrogens is 302 g/mol. The highest BCUT2D eigenvalue weighted by molar-refractivity contribution is 6.32. The van der Waals surface area contributed by atoms with Crippen LogP contribution >= 0.6 is 11.6 Å². The van der Waals surface area contributed by atoms with Crippen LogP contribution in [0.5, 0.6) is 0 Å². The molecule has 0 saturated carbocycles. The van der Waals surface area contributed by atoms with Gasteiger partial charge in [0, 0.05) is 13.1 Å². The monoisotopic (exact) mass is 317 g/mol. The van der Waals surface area contributed by atoms with Gasteiger partial charge < -0.3 is 9.88 Å². The third kappa shape index (κ3) is 2.82. The number of fused-ring (bicyclic) bond motifs is 1. The topological polar surface area (TPSA) is 75.6 Å². The second kappa shape index (κ2) is 6.19. The molecule has 0 saturated heterocycles. The summed E-state index contributed by atoms with van der Waals surface area (Å²) in [4.78, 5) is 15.9. The van der Waals surface area contributed by atoms with E-state index in [-0.39, 0.29) is 10.6 Å². The molecule has 114 valence electrons. The molecule has 0 bridgehead atoms. The summed E-state index contributed by atoms with van der Waals surface area (Å²) in [7, 11) is 0. The molecule has 3 aromatic rings. The van der Waals surface area contributed by atoms with Crippen molar-refractivity contribution in [3.8, 4) is 0 Å². The van der Waals surface area contributed by atoms with Crippen molar-refractivity contribution in [3.63, 3.8) is 0 Å². The first-order valence-corrected chi connectivity index (χ1v) is 7.43. The Morgan fingerprint density at radius 1 is 1.36 bits per heavy atom. The quantitative estimate of drug-likeness (QED) is 0.709. The molecule has 0 aliphatic carbocycles. The van der Waals surface area contributed by atoms with E-state index < -0.39 is 0 Å². The molecular formula is C15H16ClN5O. The Hall–Kier alpha value is -2.34. The van der Waals surface area contributed by atoms with Crippen LogP contribution in [-0.4, -0.2) is 26.3 Å². The van der Waals surface area contributed by atoms with E-state index >= 15 is 0 Å². The van der Waals surface area contributed by atoms with Gasteiger partial charge in [-0.15, -0.1) is 0 Å². The minimum Gasteiger partial charge on any atom is -0.382 e. The number of imidazole rings is 1. The second-order valence-corrected chi connectivity index (χ2v) is 5.38. The van der Waals surface area contributed by atoms with Gasteiger partial charge in [0.2, 0.25) is 0 Å². The smallest absolute Gasteiger partial charge is 0.285 e. The zero-order valence-corrected chi connectivity index (χ0v) is 12.9. The number of nitrogens with zero attached hydrogens (tertiary/aromatic N) is 3. The SMILES string of the molecule is Cc1nc2ccccc2n1CCCNc1cn[nH]c(=O)c1Cl. The predicted molar refractivity (Wildman–Crippen MR) is 87.4 cm³/mol. The summed E-state index contributed by atoms with van der Waals surface area (Å²) in [6, 6.07) is 8.08. The lowest BCUT2D eigenvalue weighted by Gasteiger charge is -2.09. The molecule has 22 heavy (non-hydrogen) atoms. The van der Waals surface area contributed by atoms with Crippen molar-refractivity contribution in [2.45, 2.75) is 19.9 Å². The lowest BCUT2D eigenvalue weighted by Crippen LogP contribution is -2.13. The van der Waals surface area contributed by atoms with Crippen molar-refractivity contribution in [3.05, 3.63) is 51.7 Å². The highest BCUT2D eigenvalue weighted by atomic mass is 35.5. The van der Waals surface area contributed by atoms with Crippen molar-refractivity contribution in [2.75, 3.05) is 11.9 Å². The van der Waals surface area contributed by atoms with E-state index in [1.807, 2.05) is 25.1 Å². The van der Waals surface area contributed by atoms with Crippen LogP contribution in [0, 0.1) is 6.92 Å². The van der Waals surface area contributed by atoms with Crippen molar-refractivity contribution in [1.82, 2.24) is 19.7 Å². The maximum atomic E-state index is 11.3. The average molecular weight is 318 g/mol. The van der Waals surface area contributed by atoms with Gasteiger partial charge in [0.25, 0.3) is 5.56 Å². The first-order chi connectivity index (χ1) is 10.7. The third-order valence-corrected chi connectivity index (χ3v) is 3.89. The minimum atomic E-state index is -0.386. The van der Waals surface area contributed by atoms with Gasteiger partial charge in [-0.05, 0) is 25.5 Å². The fourth-order valence-electron chi connectivity index (χ4n) is 2.45. The molecule has 0 spiro atoms. The predicted octanol–water partition coefficient (Wildman–Crippen LogP) is 2.58. The third-order valence-electron chi connectivity index (χ3n) is 3.51. The maximum Gasteiger partial charge on any atom is 0.285 e. The highest BCUT2D eigenvalue weighted by Crippen LogP contribution is 2.17. The van der Waals surface area contributed by atoms with E-state index in [0.29, 0.717) is 12.2 Å². The molecule has 3 rings (SSSR count). The van der Waals surface area contributed by atoms with Crippen LogP contribution in [-0.2, 0) is 6.54 Å². The van der Waals surface area contributed by atoms with E-state index in [1.54, 1.807) is 0 Å². The minimum absolute atomic E-state index is 0.138. The van der Waals surface area contributed by atoms with Crippen molar-refractivity contribution in [1.29, 1.82) is 0 Å². The largest absolute Gasteiger partial charge is 0.382 e. The number of aromatic nitrogens is 4. The fourth-order valence-corrected chi connectivity index (χ4v) is 2.60. The molecule has 0 fully saturated rings. The number of benzene rings is 1. The summed E-state index contributed by atoms with van der Waals surface area (Å²) < 4.78 is 2.19. The number of nitrogens with one attached hydrogen (secondary N) is 2. The number of para-hydroxylation sites is 2. The van der Waals surface area contributed by atoms with Crippen LogP contribution in [0.4, 0.5) is 5.69 Å². The van der Waals surface area contributed by atoms with E-state index in [9.17, 15) is 4.79 Å². The van der Waals surface area contributed by atoms with Crippen LogP contribution in [0.25, 0.3) is 11.0 Å². The Labute approximate surface area is 132 Å². The number of hydrogen-bond acceptors (Lipinski definition) is 4. The number of anilines is 1. The molecule has 0 aliphatic heterocycles. The van der Waals surface area contributed by atoms with Gasteiger partial charge in [-0.3, -0.25) is 4.79 Å². The van der Waals surface area contributed by atoms with Crippen molar-refractivity contribution < 1.29 is 0 Å². The first kappa shape index (κ1) is 14.6. The zero-order valence-electron chi connectivity index (χ0n) is 12.1. The van der Waals surface area contributed by atoms with Crippen LogP contribution in [0.3, 0.4) is 0 Å². The lowest BCUT2D eigenvalue weighted by molar-refractivity contribution is 0.659. The molecule has 0 unspecified atom stereocenters. The Balaban J connectivity index is 1.64. The van der Waals surface area contributed by atoms with Crippen LogP contribution in [0.15, 0.2) is 35.3 Å². The number of hydrogen-bond donors (Lipinski definition) is 2. The van der Waals surface area contributed by atoms with Gasteiger partial charge in [0.1, 0.15) is 10.8 Å². The molecule has 6 nitrogen and oxygen atoms in total. The lowest BCUT2D eigenvalue weighted by atomic mass is 10.3. The van der Waals surface area contributed by atoms with Gasteiger partial charge in [-0.1, -0.05) is 23.7 Å². The Bertz CT molecular complexity index is 855. The number of halogens is 1. The Morgan fingerprint density at radius 3 is 3.05 bits per heavy atom. The van der Waals surface area contributed by atoms with E-state index in [0.717, 1.165) is 29.8 Å². The van der Waals surface area contributed by atoms with Gasteiger partial charge in [-0.25, -0.2) is 10.1 Å². The summed E-state index contributed by atoms with van der Waals surface area (Å²) in [5.74, 6) is 0.997. The standard InChI is InChI=1S/C15H16ClN5O/c1-10-19-11-5-2-3-6-13(11)21(10)8-4-7-17-12-9-18-20-15(22)14(12)16/h2-3,5-6,9H,4,7-8H2,1H3,(H2,17,20,22). The summed E-state index contributed by atoms with van der Waals surface area (Å²) in [6.07, 6.45) is 2.39. The maximum absolute atomic E-state index is 11.3. The van der Waals surface area contributed by atoms with E-state index in [2.05, 4.69) is 31.1 Å². The number of H-pyrrole nitrogens is 1. The first-order valence-electron chi connectivity index (χ1n) is 7.06. The molecule has 2 N–H and O–H groups in total. The van der Waals surface area contributed by atoms with Crippen LogP contribution in [0.2, 0.25) is 5.02 Å². The Morgan fingerprint density at radius 2 is 2.18 bits per heavy atom. The highest BCUT2D eigenvalue weighted by Gasteiger charge is 2.07. The number of rotatable bonds is 5. The molecule has 1 aromatic carbocycles. The van der Waals surface area contributed by atoms with Crippen LogP contribution < -0.4 is 10.9 Å². The van der Waals surface area contributed by atoms with E-state index in [4.69, 9.17) is 11.6 Å². The summed E-state index contributed by atoms with van der Waals surface area (Å²) >= 11 is 5.91.